The van der Waals surface area contributed by atoms with E-state index in [1.807, 2.05) is 0 Å². The summed E-state index contributed by atoms with van der Waals surface area (Å²) in [5, 5.41) is 3.99. The number of hydrogen-bond donors (Lipinski definition) is 2. The van der Waals surface area contributed by atoms with E-state index in [-0.39, 0.29) is 43.0 Å². The predicted octanol–water partition coefficient (Wildman–Crippen LogP) is 1.85. The number of benzene rings is 1. The Morgan fingerprint density at radius 1 is 1.33 bits per heavy atom. The van der Waals surface area contributed by atoms with Gasteiger partial charge in [0.15, 0.2) is 11.4 Å². The van der Waals surface area contributed by atoms with E-state index in [2.05, 4.69) is 5.16 Å². The van der Waals surface area contributed by atoms with Crippen LogP contribution in [0.3, 0.4) is 0 Å². The van der Waals surface area contributed by atoms with Gasteiger partial charge in [0.2, 0.25) is 0 Å². The number of halogens is 3. The average molecular weight is 254 g/mol. The van der Waals surface area contributed by atoms with Crippen molar-refractivity contribution in [3.8, 4) is 0 Å². The highest BCUT2D eigenvalue weighted by Gasteiger charge is 2.09. The fourth-order valence-electron chi connectivity index (χ4n) is 1.18. The molecule has 0 bridgehead atoms. The first kappa shape index (κ1) is 14.0. The van der Waals surface area contributed by atoms with Crippen LogP contribution in [0.4, 0.5) is 10.2 Å². The lowest BCUT2D eigenvalue weighted by Gasteiger charge is -1.97. The normalized spacial score (nSPS) is 9.47. The van der Waals surface area contributed by atoms with Crippen LogP contribution in [0, 0.1) is 5.82 Å². The van der Waals surface area contributed by atoms with Gasteiger partial charge in [0.05, 0.1) is 5.39 Å². The maximum absolute atomic E-state index is 13.2. The minimum absolute atomic E-state index is 0. The van der Waals surface area contributed by atoms with Gasteiger partial charge in [-0.15, -0.1) is 24.8 Å². The van der Waals surface area contributed by atoms with Crippen molar-refractivity contribution in [3.63, 3.8) is 0 Å². The maximum atomic E-state index is 13.2. The highest BCUT2D eigenvalue weighted by molar-refractivity contribution is 5.87. The third kappa shape index (κ3) is 2.31. The van der Waals surface area contributed by atoms with Gasteiger partial charge >= 0.3 is 0 Å². The van der Waals surface area contributed by atoms with E-state index in [1.165, 1.54) is 12.1 Å². The van der Waals surface area contributed by atoms with Crippen LogP contribution in [0.5, 0.6) is 0 Å². The van der Waals surface area contributed by atoms with Crippen molar-refractivity contribution in [1.29, 1.82) is 0 Å². The Bertz CT molecular complexity index is 460. The zero-order chi connectivity index (χ0) is 9.42. The molecule has 0 aliphatic heterocycles. The summed E-state index contributed by atoms with van der Waals surface area (Å²) in [5.74, 6) is -0.192. The van der Waals surface area contributed by atoms with Gasteiger partial charge in [-0.3, -0.25) is 0 Å². The number of nitrogens with two attached hydrogens (primary N) is 2. The number of hydrogen-bond acceptors (Lipinski definition) is 4. The van der Waals surface area contributed by atoms with Crippen molar-refractivity contribution in [2.24, 2.45) is 5.73 Å². The van der Waals surface area contributed by atoms with Gasteiger partial charge in [-0.2, -0.15) is 0 Å². The fourth-order valence-corrected chi connectivity index (χ4v) is 1.18. The van der Waals surface area contributed by atoms with Gasteiger partial charge in [-0.05, 0) is 12.1 Å². The van der Waals surface area contributed by atoms with Crippen LogP contribution >= 0.6 is 24.8 Å². The standard InChI is InChI=1S/C8H8FN3O.2ClH/c9-6-2-5-7(1-4(6)3-10)13-12-8(5)11;;/h1-2H,3,10H2,(H2,11,12);2*1H. The molecule has 1 aromatic heterocycles. The summed E-state index contributed by atoms with van der Waals surface area (Å²) in [7, 11) is 0. The van der Waals surface area contributed by atoms with Crippen LogP contribution in [-0.2, 0) is 6.54 Å². The second-order valence-electron chi connectivity index (χ2n) is 2.71. The minimum Gasteiger partial charge on any atom is -0.380 e. The van der Waals surface area contributed by atoms with E-state index >= 15 is 0 Å². The summed E-state index contributed by atoms with van der Waals surface area (Å²) in [4.78, 5) is 0. The molecule has 15 heavy (non-hydrogen) atoms. The van der Waals surface area contributed by atoms with Crippen molar-refractivity contribution >= 4 is 41.6 Å². The van der Waals surface area contributed by atoms with Crippen LogP contribution in [0.1, 0.15) is 5.56 Å². The predicted molar refractivity (Wildman–Crippen MR) is 60.8 cm³/mol. The van der Waals surface area contributed by atoms with Crippen LogP contribution in [0.25, 0.3) is 11.0 Å². The van der Waals surface area contributed by atoms with Gasteiger partial charge < -0.3 is 16.0 Å². The molecule has 2 aromatic rings. The van der Waals surface area contributed by atoms with E-state index < -0.39 is 0 Å². The average Bonchev–Trinajstić information content (AvgIpc) is 2.47. The number of rotatable bonds is 1. The van der Waals surface area contributed by atoms with Crippen LogP contribution in [0.15, 0.2) is 16.7 Å². The van der Waals surface area contributed by atoms with Crippen molar-refractivity contribution in [2.75, 3.05) is 5.73 Å². The molecule has 0 fully saturated rings. The molecule has 2 rings (SSSR count). The second-order valence-corrected chi connectivity index (χ2v) is 2.71. The fraction of sp³-hybridized carbons (Fsp3) is 0.125. The molecule has 7 heteroatoms. The van der Waals surface area contributed by atoms with Crippen molar-refractivity contribution in [2.45, 2.75) is 6.54 Å². The molecule has 0 amide bonds. The summed E-state index contributed by atoms with van der Waals surface area (Å²) in [5.41, 5.74) is 11.6. The van der Waals surface area contributed by atoms with E-state index in [0.717, 1.165) is 0 Å². The lowest BCUT2D eigenvalue weighted by molar-refractivity contribution is 0.460. The van der Waals surface area contributed by atoms with Gasteiger partial charge in [-0.25, -0.2) is 4.39 Å². The topological polar surface area (TPSA) is 78.1 Å². The molecular formula is C8H10Cl2FN3O. The third-order valence-electron chi connectivity index (χ3n) is 1.89. The summed E-state index contributed by atoms with van der Waals surface area (Å²) < 4.78 is 18.0. The summed E-state index contributed by atoms with van der Waals surface area (Å²) >= 11 is 0. The molecule has 0 atom stereocenters. The smallest absolute Gasteiger partial charge is 0.174 e. The Kier molecular flexibility index (Phi) is 4.80. The molecule has 0 saturated heterocycles. The lowest BCUT2D eigenvalue weighted by Crippen LogP contribution is -1.99. The van der Waals surface area contributed by atoms with Crippen LogP contribution in [-0.4, -0.2) is 5.16 Å². The number of nitrogen functional groups attached to an aromatic ring is 1. The minimum atomic E-state index is -0.384. The molecule has 4 nitrogen and oxygen atoms in total. The highest BCUT2D eigenvalue weighted by Crippen LogP contribution is 2.23. The summed E-state index contributed by atoms with van der Waals surface area (Å²) in [6.07, 6.45) is 0. The zero-order valence-corrected chi connectivity index (χ0v) is 9.20. The monoisotopic (exact) mass is 253 g/mol. The number of nitrogens with zero attached hydrogens (tertiary/aromatic N) is 1. The van der Waals surface area contributed by atoms with Gasteiger partial charge in [-0.1, -0.05) is 5.16 Å². The molecule has 0 aliphatic carbocycles. The molecule has 84 valence electrons. The molecule has 0 unspecified atom stereocenters. The first-order valence-corrected chi connectivity index (χ1v) is 3.75. The Morgan fingerprint density at radius 3 is 2.60 bits per heavy atom. The zero-order valence-electron chi connectivity index (χ0n) is 7.57. The lowest BCUT2D eigenvalue weighted by atomic mass is 10.1. The summed E-state index contributed by atoms with van der Waals surface area (Å²) in [6.45, 7) is 0.127. The van der Waals surface area contributed by atoms with E-state index in [0.29, 0.717) is 16.5 Å². The Labute approximate surface area is 97.6 Å². The first-order valence-electron chi connectivity index (χ1n) is 3.75. The largest absolute Gasteiger partial charge is 0.380 e. The molecule has 1 heterocycles. The molecule has 0 aliphatic rings. The molecule has 1 aromatic carbocycles. The van der Waals surface area contributed by atoms with E-state index in [4.69, 9.17) is 16.0 Å². The Hall–Kier alpha value is -1.04. The van der Waals surface area contributed by atoms with Gasteiger partial charge in [0, 0.05) is 12.1 Å². The van der Waals surface area contributed by atoms with E-state index in [9.17, 15) is 4.39 Å². The van der Waals surface area contributed by atoms with Crippen LogP contribution < -0.4 is 11.5 Å². The van der Waals surface area contributed by atoms with Gasteiger partial charge in [0.1, 0.15) is 5.82 Å². The number of anilines is 1. The molecule has 0 radical (unpaired) electrons. The number of fused-ring (bicyclic) bond motifs is 1. The Morgan fingerprint density at radius 2 is 2.00 bits per heavy atom. The van der Waals surface area contributed by atoms with Crippen molar-refractivity contribution in [1.82, 2.24) is 5.16 Å². The highest BCUT2D eigenvalue weighted by atomic mass is 35.5. The number of aromatic nitrogens is 1. The van der Waals surface area contributed by atoms with Gasteiger partial charge in [0.25, 0.3) is 0 Å². The Balaban J connectivity index is 0.000000980. The SMILES string of the molecule is Cl.Cl.NCc1cc2onc(N)c2cc1F. The second kappa shape index (κ2) is 5.16. The van der Waals surface area contributed by atoms with E-state index in [1.54, 1.807) is 0 Å². The molecule has 4 N–H and O–H groups in total. The maximum Gasteiger partial charge on any atom is 0.174 e. The van der Waals surface area contributed by atoms with Crippen molar-refractivity contribution in [3.05, 3.63) is 23.5 Å². The quantitative estimate of drug-likeness (QED) is 0.814. The van der Waals surface area contributed by atoms with Crippen molar-refractivity contribution < 1.29 is 8.91 Å². The third-order valence-corrected chi connectivity index (χ3v) is 1.89. The summed E-state index contributed by atoms with van der Waals surface area (Å²) in [6, 6.07) is 2.79. The molecular weight excluding hydrogens is 244 g/mol. The molecule has 0 saturated carbocycles. The first-order chi connectivity index (χ1) is 6.22. The van der Waals surface area contributed by atoms with Crippen LogP contribution in [0.2, 0.25) is 0 Å². The molecule has 0 spiro atoms.